The van der Waals surface area contributed by atoms with Crippen molar-refractivity contribution in [1.29, 1.82) is 0 Å². The van der Waals surface area contributed by atoms with Gasteiger partial charge in [-0.05, 0) is 17.7 Å². The summed E-state index contributed by atoms with van der Waals surface area (Å²) in [5.41, 5.74) is 6.57. The number of alkyl halides is 1. The summed E-state index contributed by atoms with van der Waals surface area (Å²) in [6.07, 6.45) is 0. The van der Waals surface area contributed by atoms with Crippen molar-refractivity contribution in [2.75, 3.05) is 13.0 Å². The molecule has 0 aliphatic heterocycles. The summed E-state index contributed by atoms with van der Waals surface area (Å²) in [6, 6.07) is 5.14. The minimum Gasteiger partial charge on any atom is -0.497 e. The number of hydrogen-bond acceptors (Lipinski definition) is 2. The Balaban J connectivity index is 2.98. The predicted molar refractivity (Wildman–Crippen MR) is 55.7 cm³/mol. The van der Waals surface area contributed by atoms with Crippen molar-refractivity contribution >= 4 is 23.2 Å². The van der Waals surface area contributed by atoms with Crippen molar-refractivity contribution in [1.82, 2.24) is 0 Å². The van der Waals surface area contributed by atoms with Crippen LogP contribution in [0.5, 0.6) is 5.75 Å². The van der Waals surface area contributed by atoms with Crippen LogP contribution in [-0.4, -0.2) is 13.0 Å². The van der Waals surface area contributed by atoms with Crippen LogP contribution in [0.2, 0.25) is 5.02 Å². The lowest BCUT2D eigenvalue weighted by Gasteiger charge is -2.11. The first-order valence-electron chi connectivity index (χ1n) is 3.84. The van der Waals surface area contributed by atoms with Crippen molar-refractivity contribution in [2.45, 2.75) is 6.04 Å². The van der Waals surface area contributed by atoms with Gasteiger partial charge in [-0.1, -0.05) is 17.7 Å². The standard InChI is InChI=1S/C9H11Cl2NO/c1-13-6-2-3-7(8(11)4-6)9(12)5-10/h2-4,9H,5,12H2,1H3. The first-order chi connectivity index (χ1) is 6.19. The van der Waals surface area contributed by atoms with Crippen molar-refractivity contribution in [3.8, 4) is 5.75 Å². The molecule has 2 N–H and O–H groups in total. The van der Waals surface area contributed by atoms with E-state index in [4.69, 9.17) is 33.7 Å². The van der Waals surface area contributed by atoms with E-state index in [0.717, 1.165) is 11.3 Å². The van der Waals surface area contributed by atoms with Gasteiger partial charge in [0.1, 0.15) is 5.75 Å². The van der Waals surface area contributed by atoms with Gasteiger partial charge in [-0.15, -0.1) is 11.6 Å². The Kier molecular flexibility index (Phi) is 3.85. The van der Waals surface area contributed by atoms with E-state index in [0.29, 0.717) is 10.9 Å². The van der Waals surface area contributed by atoms with Crippen LogP contribution in [0.4, 0.5) is 0 Å². The summed E-state index contributed by atoms with van der Waals surface area (Å²) in [7, 11) is 1.59. The van der Waals surface area contributed by atoms with Crippen LogP contribution in [0.3, 0.4) is 0 Å². The molecule has 0 fully saturated rings. The molecule has 1 rings (SSSR count). The molecule has 1 atom stereocenters. The van der Waals surface area contributed by atoms with E-state index in [2.05, 4.69) is 0 Å². The maximum atomic E-state index is 5.96. The minimum absolute atomic E-state index is 0.222. The average molecular weight is 220 g/mol. The van der Waals surface area contributed by atoms with Gasteiger partial charge < -0.3 is 10.5 Å². The zero-order valence-corrected chi connectivity index (χ0v) is 8.77. The molecule has 1 unspecified atom stereocenters. The smallest absolute Gasteiger partial charge is 0.120 e. The van der Waals surface area contributed by atoms with E-state index in [1.807, 2.05) is 12.1 Å². The maximum Gasteiger partial charge on any atom is 0.120 e. The second kappa shape index (κ2) is 4.70. The maximum absolute atomic E-state index is 5.96. The molecule has 2 nitrogen and oxygen atoms in total. The summed E-state index contributed by atoms with van der Waals surface area (Å²) in [5.74, 6) is 1.07. The van der Waals surface area contributed by atoms with Gasteiger partial charge in [-0.3, -0.25) is 0 Å². The van der Waals surface area contributed by atoms with Crippen LogP contribution >= 0.6 is 23.2 Å². The van der Waals surface area contributed by atoms with E-state index >= 15 is 0 Å². The SMILES string of the molecule is COc1ccc(C(N)CCl)c(Cl)c1. The third-order valence-electron chi connectivity index (χ3n) is 1.77. The van der Waals surface area contributed by atoms with E-state index in [1.165, 1.54) is 0 Å². The molecule has 1 aromatic carbocycles. The van der Waals surface area contributed by atoms with Gasteiger partial charge in [0.25, 0.3) is 0 Å². The third-order valence-corrected chi connectivity index (χ3v) is 2.43. The summed E-state index contributed by atoms with van der Waals surface area (Å²) < 4.78 is 5.01. The molecule has 0 heterocycles. The van der Waals surface area contributed by atoms with Gasteiger partial charge in [-0.2, -0.15) is 0 Å². The number of nitrogens with two attached hydrogens (primary N) is 1. The lowest BCUT2D eigenvalue weighted by Crippen LogP contribution is -2.12. The summed E-state index contributed by atoms with van der Waals surface area (Å²) in [6.45, 7) is 0. The molecule has 0 saturated heterocycles. The van der Waals surface area contributed by atoms with Crippen LogP contribution < -0.4 is 10.5 Å². The molecule has 0 radical (unpaired) electrons. The topological polar surface area (TPSA) is 35.2 Å². The molecular weight excluding hydrogens is 209 g/mol. The summed E-state index contributed by atoms with van der Waals surface area (Å²) in [5, 5.41) is 0.590. The van der Waals surface area contributed by atoms with Crippen molar-refractivity contribution < 1.29 is 4.74 Å². The Bertz CT molecular complexity index is 291. The molecule has 0 aromatic heterocycles. The monoisotopic (exact) mass is 219 g/mol. The highest BCUT2D eigenvalue weighted by Gasteiger charge is 2.09. The van der Waals surface area contributed by atoms with Gasteiger partial charge >= 0.3 is 0 Å². The fourth-order valence-corrected chi connectivity index (χ4v) is 1.50. The van der Waals surface area contributed by atoms with Crippen molar-refractivity contribution in [2.24, 2.45) is 5.73 Å². The van der Waals surface area contributed by atoms with E-state index in [1.54, 1.807) is 13.2 Å². The number of ether oxygens (including phenoxy) is 1. The van der Waals surface area contributed by atoms with E-state index in [9.17, 15) is 0 Å². The Hall–Kier alpha value is -0.440. The van der Waals surface area contributed by atoms with Crippen LogP contribution in [0, 0.1) is 0 Å². The largest absolute Gasteiger partial charge is 0.497 e. The molecule has 0 amide bonds. The average Bonchev–Trinajstić information content (AvgIpc) is 2.16. The molecule has 72 valence electrons. The van der Waals surface area contributed by atoms with Crippen LogP contribution in [0.1, 0.15) is 11.6 Å². The zero-order valence-electron chi connectivity index (χ0n) is 7.26. The number of benzene rings is 1. The van der Waals surface area contributed by atoms with Gasteiger partial charge in [0.2, 0.25) is 0 Å². The molecule has 0 saturated carbocycles. The number of hydrogen-bond donors (Lipinski definition) is 1. The fourth-order valence-electron chi connectivity index (χ4n) is 1.02. The third kappa shape index (κ3) is 2.50. The number of methoxy groups -OCH3 is 1. The highest BCUT2D eigenvalue weighted by atomic mass is 35.5. The second-order valence-corrected chi connectivity index (χ2v) is 3.36. The normalized spacial score (nSPS) is 12.6. The fraction of sp³-hybridized carbons (Fsp3) is 0.333. The first-order valence-corrected chi connectivity index (χ1v) is 4.75. The molecule has 4 heteroatoms. The summed E-state index contributed by atoms with van der Waals surface area (Å²) >= 11 is 11.6. The first kappa shape index (κ1) is 10.6. The predicted octanol–water partition coefficient (Wildman–Crippen LogP) is 2.59. The Morgan fingerprint density at radius 3 is 2.69 bits per heavy atom. The van der Waals surface area contributed by atoms with E-state index < -0.39 is 0 Å². The quantitative estimate of drug-likeness (QED) is 0.794. The Labute approximate surface area is 87.6 Å². The molecular formula is C9H11Cl2NO. The van der Waals surface area contributed by atoms with Crippen LogP contribution in [0.15, 0.2) is 18.2 Å². The lowest BCUT2D eigenvalue weighted by atomic mass is 10.1. The molecule has 0 aliphatic rings. The van der Waals surface area contributed by atoms with Crippen LogP contribution in [-0.2, 0) is 0 Å². The lowest BCUT2D eigenvalue weighted by molar-refractivity contribution is 0.414. The molecule has 0 bridgehead atoms. The molecule has 0 aliphatic carbocycles. The molecule has 0 spiro atoms. The van der Waals surface area contributed by atoms with Gasteiger partial charge in [0.05, 0.1) is 7.11 Å². The van der Waals surface area contributed by atoms with Gasteiger partial charge in [-0.25, -0.2) is 0 Å². The van der Waals surface area contributed by atoms with E-state index in [-0.39, 0.29) is 6.04 Å². The minimum atomic E-state index is -0.222. The van der Waals surface area contributed by atoms with Crippen LogP contribution in [0.25, 0.3) is 0 Å². The number of halogens is 2. The van der Waals surface area contributed by atoms with Gasteiger partial charge in [0, 0.05) is 16.9 Å². The number of rotatable bonds is 3. The highest BCUT2D eigenvalue weighted by molar-refractivity contribution is 6.31. The van der Waals surface area contributed by atoms with Crippen molar-refractivity contribution in [3.63, 3.8) is 0 Å². The Morgan fingerprint density at radius 2 is 2.23 bits per heavy atom. The highest BCUT2D eigenvalue weighted by Crippen LogP contribution is 2.26. The molecule has 1 aromatic rings. The van der Waals surface area contributed by atoms with Crippen molar-refractivity contribution in [3.05, 3.63) is 28.8 Å². The zero-order chi connectivity index (χ0) is 9.84. The second-order valence-electron chi connectivity index (χ2n) is 2.65. The molecule has 13 heavy (non-hydrogen) atoms. The van der Waals surface area contributed by atoms with Gasteiger partial charge in [0.15, 0.2) is 0 Å². The summed E-state index contributed by atoms with van der Waals surface area (Å²) in [4.78, 5) is 0. The Morgan fingerprint density at radius 1 is 1.54 bits per heavy atom.